The average Bonchev–Trinajstić information content (AvgIpc) is 2.10. The van der Waals surface area contributed by atoms with Crippen LogP contribution in [-0.2, 0) is 0 Å². The Hall–Kier alpha value is -1.38. The van der Waals surface area contributed by atoms with Gasteiger partial charge in [0.2, 0.25) is 0 Å². The third kappa shape index (κ3) is 3.17. The van der Waals surface area contributed by atoms with E-state index < -0.39 is 11.6 Å². The summed E-state index contributed by atoms with van der Waals surface area (Å²) >= 11 is 0. The van der Waals surface area contributed by atoms with Gasteiger partial charge < -0.3 is 5.32 Å². The topological polar surface area (TPSA) is 12.0 Å². The largest absolute Gasteiger partial charge is 0.382 e. The summed E-state index contributed by atoms with van der Waals surface area (Å²) in [5.41, 5.74) is 1.21. The summed E-state index contributed by atoms with van der Waals surface area (Å²) in [6.45, 7) is 6.18. The first-order valence-electron chi connectivity index (χ1n) is 4.43. The maximum absolute atomic E-state index is 13.0. The van der Waals surface area contributed by atoms with Crippen LogP contribution in [0.1, 0.15) is 13.3 Å². The number of hydrogen-bond donors (Lipinski definition) is 1. The molecular weight excluding hydrogens is 184 g/mol. The molecular formula is C11H13F2N. The standard InChI is InChI=1S/C11H13F2N/c1-8(2)5-6-14-11-7-9(12)3-4-10(11)13/h3-4,7,14H,1,5-6H2,2H3. The van der Waals surface area contributed by atoms with Crippen LogP contribution in [0.25, 0.3) is 0 Å². The molecule has 0 aromatic heterocycles. The van der Waals surface area contributed by atoms with Gasteiger partial charge in [-0.3, -0.25) is 0 Å². The molecule has 0 heterocycles. The number of anilines is 1. The van der Waals surface area contributed by atoms with Crippen LogP contribution in [0.3, 0.4) is 0 Å². The molecule has 0 aliphatic heterocycles. The van der Waals surface area contributed by atoms with Crippen molar-refractivity contribution in [2.45, 2.75) is 13.3 Å². The summed E-state index contributed by atoms with van der Waals surface area (Å²) in [4.78, 5) is 0. The molecule has 0 aliphatic rings. The van der Waals surface area contributed by atoms with Crippen molar-refractivity contribution in [1.29, 1.82) is 0 Å². The molecule has 1 rings (SSSR count). The number of nitrogens with one attached hydrogen (secondary N) is 1. The van der Waals surface area contributed by atoms with Crippen molar-refractivity contribution in [1.82, 2.24) is 0 Å². The van der Waals surface area contributed by atoms with Gasteiger partial charge in [-0.05, 0) is 31.5 Å². The van der Waals surface area contributed by atoms with Gasteiger partial charge in [0, 0.05) is 6.54 Å². The van der Waals surface area contributed by atoms with Gasteiger partial charge in [0.25, 0.3) is 0 Å². The Morgan fingerprint density at radius 3 is 2.79 bits per heavy atom. The summed E-state index contributed by atoms with van der Waals surface area (Å²) in [5, 5.41) is 2.81. The lowest BCUT2D eigenvalue weighted by Gasteiger charge is -2.07. The monoisotopic (exact) mass is 197 g/mol. The zero-order valence-electron chi connectivity index (χ0n) is 8.11. The second kappa shape index (κ2) is 4.74. The van der Waals surface area contributed by atoms with Gasteiger partial charge in [-0.25, -0.2) is 8.78 Å². The van der Waals surface area contributed by atoms with Crippen molar-refractivity contribution in [3.63, 3.8) is 0 Å². The SMILES string of the molecule is C=C(C)CCNc1cc(F)ccc1F. The van der Waals surface area contributed by atoms with E-state index in [9.17, 15) is 8.78 Å². The molecule has 1 aromatic rings. The highest BCUT2D eigenvalue weighted by Gasteiger charge is 2.02. The highest BCUT2D eigenvalue weighted by molar-refractivity contribution is 5.44. The predicted octanol–water partition coefficient (Wildman–Crippen LogP) is 3.34. The van der Waals surface area contributed by atoms with E-state index in [0.717, 1.165) is 30.2 Å². The quantitative estimate of drug-likeness (QED) is 0.730. The molecule has 0 saturated carbocycles. The molecule has 0 spiro atoms. The van der Waals surface area contributed by atoms with Crippen LogP contribution in [0.2, 0.25) is 0 Å². The first kappa shape index (κ1) is 10.7. The average molecular weight is 197 g/mol. The predicted molar refractivity (Wildman–Crippen MR) is 54.3 cm³/mol. The number of halogens is 2. The first-order chi connectivity index (χ1) is 6.59. The van der Waals surface area contributed by atoms with Crippen molar-refractivity contribution >= 4 is 5.69 Å². The molecule has 0 bridgehead atoms. The molecule has 0 radical (unpaired) electrons. The number of rotatable bonds is 4. The van der Waals surface area contributed by atoms with E-state index in [0.29, 0.717) is 6.54 Å². The van der Waals surface area contributed by atoms with Gasteiger partial charge in [0.15, 0.2) is 0 Å². The maximum Gasteiger partial charge on any atom is 0.146 e. The second-order valence-electron chi connectivity index (χ2n) is 3.26. The zero-order chi connectivity index (χ0) is 10.6. The summed E-state index contributed by atoms with van der Waals surface area (Å²) in [5.74, 6) is -0.877. The summed E-state index contributed by atoms with van der Waals surface area (Å²) in [6.07, 6.45) is 0.746. The fraction of sp³-hybridized carbons (Fsp3) is 0.273. The molecule has 76 valence electrons. The van der Waals surface area contributed by atoms with E-state index in [2.05, 4.69) is 11.9 Å². The molecule has 1 N–H and O–H groups in total. The van der Waals surface area contributed by atoms with E-state index in [1.807, 2.05) is 6.92 Å². The Morgan fingerprint density at radius 1 is 1.43 bits per heavy atom. The van der Waals surface area contributed by atoms with E-state index in [1.54, 1.807) is 0 Å². The Balaban J connectivity index is 2.57. The Bertz CT molecular complexity index is 334. The van der Waals surface area contributed by atoms with Crippen LogP contribution < -0.4 is 5.32 Å². The fourth-order valence-corrected chi connectivity index (χ4v) is 1.04. The van der Waals surface area contributed by atoms with Crippen molar-refractivity contribution in [3.05, 3.63) is 42.0 Å². The van der Waals surface area contributed by atoms with Gasteiger partial charge in [0.05, 0.1) is 5.69 Å². The first-order valence-corrected chi connectivity index (χ1v) is 4.43. The molecule has 0 unspecified atom stereocenters. The molecule has 1 aromatic carbocycles. The summed E-state index contributed by atoms with van der Waals surface area (Å²) in [6, 6.07) is 3.35. The normalized spacial score (nSPS) is 9.93. The lowest BCUT2D eigenvalue weighted by atomic mass is 10.2. The Morgan fingerprint density at radius 2 is 2.14 bits per heavy atom. The van der Waals surface area contributed by atoms with E-state index in [-0.39, 0.29) is 5.69 Å². The molecule has 0 amide bonds. The van der Waals surface area contributed by atoms with Crippen molar-refractivity contribution < 1.29 is 8.78 Å². The zero-order valence-corrected chi connectivity index (χ0v) is 8.11. The molecule has 0 saturated heterocycles. The Labute approximate surface area is 82.4 Å². The second-order valence-corrected chi connectivity index (χ2v) is 3.26. The third-order valence-electron chi connectivity index (χ3n) is 1.80. The molecule has 0 aliphatic carbocycles. The highest BCUT2D eigenvalue weighted by Crippen LogP contribution is 2.15. The Kier molecular flexibility index (Phi) is 3.63. The van der Waals surface area contributed by atoms with Crippen LogP contribution in [0, 0.1) is 11.6 Å². The van der Waals surface area contributed by atoms with Crippen molar-refractivity contribution in [3.8, 4) is 0 Å². The summed E-state index contributed by atoms with van der Waals surface area (Å²) < 4.78 is 25.8. The lowest BCUT2D eigenvalue weighted by molar-refractivity contribution is 0.602. The molecule has 0 fully saturated rings. The van der Waals surface area contributed by atoms with Crippen molar-refractivity contribution in [2.24, 2.45) is 0 Å². The van der Waals surface area contributed by atoms with Gasteiger partial charge in [0.1, 0.15) is 11.6 Å². The minimum atomic E-state index is -0.441. The van der Waals surface area contributed by atoms with Crippen LogP contribution in [-0.4, -0.2) is 6.54 Å². The lowest BCUT2D eigenvalue weighted by Crippen LogP contribution is -2.03. The van der Waals surface area contributed by atoms with Crippen molar-refractivity contribution in [2.75, 3.05) is 11.9 Å². The van der Waals surface area contributed by atoms with Gasteiger partial charge in [-0.15, -0.1) is 6.58 Å². The van der Waals surface area contributed by atoms with Crippen LogP contribution in [0.15, 0.2) is 30.4 Å². The third-order valence-corrected chi connectivity index (χ3v) is 1.80. The molecule has 1 nitrogen and oxygen atoms in total. The minimum absolute atomic E-state index is 0.200. The molecule has 3 heteroatoms. The van der Waals surface area contributed by atoms with Crippen LogP contribution >= 0.6 is 0 Å². The van der Waals surface area contributed by atoms with Gasteiger partial charge in [-0.1, -0.05) is 5.57 Å². The maximum atomic E-state index is 13.0. The smallest absolute Gasteiger partial charge is 0.146 e. The molecule has 0 atom stereocenters. The number of hydrogen-bond acceptors (Lipinski definition) is 1. The highest BCUT2D eigenvalue weighted by atomic mass is 19.1. The minimum Gasteiger partial charge on any atom is -0.382 e. The van der Waals surface area contributed by atoms with E-state index >= 15 is 0 Å². The van der Waals surface area contributed by atoms with Crippen LogP contribution in [0.4, 0.5) is 14.5 Å². The van der Waals surface area contributed by atoms with E-state index in [1.165, 1.54) is 0 Å². The summed E-state index contributed by atoms with van der Waals surface area (Å²) in [7, 11) is 0. The number of benzene rings is 1. The molecule has 14 heavy (non-hydrogen) atoms. The van der Waals surface area contributed by atoms with E-state index in [4.69, 9.17) is 0 Å². The van der Waals surface area contributed by atoms with Crippen LogP contribution in [0.5, 0.6) is 0 Å². The fourth-order valence-electron chi connectivity index (χ4n) is 1.04. The van der Waals surface area contributed by atoms with Gasteiger partial charge >= 0.3 is 0 Å². The van der Waals surface area contributed by atoms with Gasteiger partial charge in [-0.2, -0.15) is 0 Å².